The van der Waals surface area contributed by atoms with Crippen LogP contribution in [0, 0.1) is 17.8 Å². The maximum absolute atomic E-state index is 12.0. The summed E-state index contributed by atoms with van der Waals surface area (Å²) in [6, 6.07) is 0. The highest BCUT2D eigenvalue weighted by Crippen LogP contribution is 2.43. The minimum absolute atomic E-state index is 0.0723. The molecule has 0 radical (unpaired) electrons. The van der Waals surface area contributed by atoms with Gasteiger partial charge >= 0.3 is 5.97 Å². The van der Waals surface area contributed by atoms with Crippen LogP contribution in [-0.2, 0) is 9.53 Å². The molecule has 0 aliphatic heterocycles. The summed E-state index contributed by atoms with van der Waals surface area (Å²) in [6.07, 6.45) is 6.89. The third-order valence-electron chi connectivity index (χ3n) is 4.47. The smallest absolute Gasteiger partial charge is 0.309 e. The maximum atomic E-state index is 12.0. The minimum Gasteiger partial charge on any atom is -0.459 e. The fourth-order valence-electron chi connectivity index (χ4n) is 2.87. The number of hydrogen-bond acceptors (Lipinski definition) is 2. The Hall–Kier alpha value is -0.530. The lowest BCUT2D eigenvalue weighted by molar-refractivity contribution is -0.171. The molecule has 2 heteroatoms. The quantitative estimate of drug-likeness (QED) is 0.685. The van der Waals surface area contributed by atoms with Gasteiger partial charge in [-0.15, -0.1) is 0 Å². The molecule has 2 atom stereocenters. The first-order valence-corrected chi connectivity index (χ1v) is 6.78. The van der Waals surface area contributed by atoms with Gasteiger partial charge in [0.1, 0.15) is 5.60 Å². The maximum Gasteiger partial charge on any atom is 0.309 e. The molecular formula is C14H24O2. The van der Waals surface area contributed by atoms with E-state index < -0.39 is 0 Å². The highest BCUT2D eigenvalue weighted by Gasteiger charge is 2.46. The van der Waals surface area contributed by atoms with Crippen molar-refractivity contribution in [3.63, 3.8) is 0 Å². The van der Waals surface area contributed by atoms with E-state index in [1.807, 2.05) is 0 Å². The molecule has 0 aromatic heterocycles. The highest BCUT2D eigenvalue weighted by molar-refractivity contribution is 5.76. The van der Waals surface area contributed by atoms with Crippen molar-refractivity contribution < 1.29 is 9.53 Å². The van der Waals surface area contributed by atoms with Crippen molar-refractivity contribution in [1.29, 1.82) is 0 Å². The van der Waals surface area contributed by atoms with Gasteiger partial charge in [0.25, 0.3) is 0 Å². The molecule has 0 amide bonds. The zero-order chi connectivity index (χ0) is 11.8. The molecule has 0 bridgehead atoms. The molecule has 16 heavy (non-hydrogen) atoms. The van der Waals surface area contributed by atoms with Gasteiger partial charge in [-0.2, -0.15) is 0 Å². The van der Waals surface area contributed by atoms with Crippen molar-refractivity contribution >= 4 is 5.97 Å². The Labute approximate surface area is 98.7 Å². The summed E-state index contributed by atoms with van der Waals surface area (Å²) >= 11 is 0. The normalized spacial score (nSPS) is 32.5. The Morgan fingerprint density at radius 2 is 1.81 bits per heavy atom. The van der Waals surface area contributed by atoms with E-state index in [1.165, 1.54) is 19.3 Å². The molecule has 2 unspecified atom stereocenters. The van der Waals surface area contributed by atoms with Gasteiger partial charge in [-0.1, -0.05) is 27.2 Å². The Kier molecular flexibility index (Phi) is 3.27. The third kappa shape index (κ3) is 2.26. The summed E-state index contributed by atoms with van der Waals surface area (Å²) < 4.78 is 5.90. The number of hydrogen-bond donors (Lipinski definition) is 0. The van der Waals surface area contributed by atoms with E-state index in [2.05, 4.69) is 20.8 Å². The van der Waals surface area contributed by atoms with Crippen LogP contribution in [0.2, 0.25) is 0 Å². The molecule has 2 aliphatic carbocycles. The number of rotatable bonds is 3. The summed E-state index contributed by atoms with van der Waals surface area (Å²) in [4.78, 5) is 12.0. The van der Waals surface area contributed by atoms with E-state index in [9.17, 15) is 4.79 Å². The molecule has 2 saturated carbocycles. The Morgan fingerprint density at radius 1 is 1.25 bits per heavy atom. The summed E-state index contributed by atoms with van der Waals surface area (Å²) in [6.45, 7) is 6.51. The summed E-state index contributed by atoms with van der Waals surface area (Å²) in [5.41, 5.74) is -0.141. The summed E-state index contributed by atoms with van der Waals surface area (Å²) in [7, 11) is 0. The van der Waals surface area contributed by atoms with Crippen LogP contribution in [0.5, 0.6) is 0 Å². The van der Waals surface area contributed by atoms with Crippen molar-refractivity contribution in [2.24, 2.45) is 17.8 Å². The summed E-state index contributed by atoms with van der Waals surface area (Å²) in [5.74, 6) is 1.28. The van der Waals surface area contributed by atoms with Gasteiger partial charge < -0.3 is 4.74 Å². The van der Waals surface area contributed by atoms with Crippen LogP contribution in [0.15, 0.2) is 0 Å². The van der Waals surface area contributed by atoms with Crippen LogP contribution in [0.4, 0.5) is 0 Å². The van der Waals surface area contributed by atoms with Crippen LogP contribution in [-0.4, -0.2) is 11.6 Å². The van der Waals surface area contributed by atoms with E-state index in [4.69, 9.17) is 4.74 Å². The molecule has 2 fully saturated rings. The van der Waals surface area contributed by atoms with E-state index in [-0.39, 0.29) is 17.5 Å². The SMILES string of the molecule is CC1CC1C(=O)OC1(C(C)C)CCCCC1. The molecular weight excluding hydrogens is 200 g/mol. The van der Waals surface area contributed by atoms with E-state index in [1.54, 1.807) is 0 Å². The van der Waals surface area contributed by atoms with Gasteiger partial charge in [0, 0.05) is 0 Å². The van der Waals surface area contributed by atoms with Crippen molar-refractivity contribution in [1.82, 2.24) is 0 Å². The van der Waals surface area contributed by atoms with Gasteiger partial charge in [-0.3, -0.25) is 4.79 Å². The average Bonchev–Trinajstić information content (AvgIpc) is 2.97. The molecule has 2 nitrogen and oxygen atoms in total. The molecule has 0 heterocycles. The number of ether oxygens (including phenoxy) is 1. The monoisotopic (exact) mass is 224 g/mol. The molecule has 0 spiro atoms. The van der Waals surface area contributed by atoms with Crippen LogP contribution in [0.3, 0.4) is 0 Å². The van der Waals surface area contributed by atoms with Gasteiger partial charge in [0.05, 0.1) is 5.92 Å². The van der Waals surface area contributed by atoms with Crippen molar-refractivity contribution in [3.05, 3.63) is 0 Å². The fraction of sp³-hybridized carbons (Fsp3) is 0.929. The van der Waals surface area contributed by atoms with E-state index in [0.29, 0.717) is 11.8 Å². The van der Waals surface area contributed by atoms with Crippen molar-refractivity contribution in [3.8, 4) is 0 Å². The number of esters is 1. The standard InChI is InChI=1S/C14H24O2/c1-10(2)14(7-5-4-6-8-14)16-13(15)12-9-11(12)3/h10-12H,4-9H2,1-3H3. The van der Waals surface area contributed by atoms with Gasteiger partial charge in [0.15, 0.2) is 0 Å². The Bertz CT molecular complexity index is 264. The molecule has 0 aromatic carbocycles. The molecule has 2 aliphatic rings. The van der Waals surface area contributed by atoms with Crippen LogP contribution >= 0.6 is 0 Å². The molecule has 2 rings (SSSR count). The van der Waals surface area contributed by atoms with E-state index >= 15 is 0 Å². The second kappa shape index (κ2) is 4.38. The van der Waals surface area contributed by atoms with Gasteiger partial charge in [0.2, 0.25) is 0 Å². The fourth-order valence-corrected chi connectivity index (χ4v) is 2.87. The van der Waals surface area contributed by atoms with Crippen molar-refractivity contribution in [2.45, 2.75) is 64.9 Å². The first-order valence-electron chi connectivity index (χ1n) is 6.78. The predicted molar refractivity (Wildman–Crippen MR) is 64.0 cm³/mol. The second-order valence-corrected chi connectivity index (χ2v) is 6.02. The van der Waals surface area contributed by atoms with Crippen LogP contribution < -0.4 is 0 Å². The van der Waals surface area contributed by atoms with Crippen LogP contribution in [0.25, 0.3) is 0 Å². The molecule has 0 saturated heterocycles. The van der Waals surface area contributed by atoms with Crippen molar-refractivity contribution in [2.75, 3.05) is 0 Å². The lowest BCUT2D eigenvalue weighted by atomic mass is 9.77. The first-order chi connectivity index (χ1) is 7.55. The average molecular weight is 224 g/mol. The highest BCUT2D eigenvalue weighted by atomic mass is 16.6. The van der Waals surface area contributed by atoms with Gasteiger partial charge in [-0.25, -0.2) is 0 Å². The summed E-state index contributed by atoms with van der Waals surface area (Å²) in [5, 5.41) is 0. The first kappa shape index (κ1) is 11.9. The zero-order valence-corrected chi connectivity index (χ0v) is 10.8. The van der Waals surface area contributed by atoms with Crippen LogP contribution in [0.1, 0.15) is 59.3 Å². The lowest BCUT2D eigenvalue weighted by Crippen LogP contribution is -2.42. The van der Waals surface area contributed by atoms with Gasteiger partial charge in [-0.05, 0) is 43.9 Å². The molecule has 0 N–H and O–H groups in total. The zero-order valence-electron chi connectivity index (χ0n) is 10.8. The number of carbonyl (C=O) groups excluding carboxylic acids is 1. The topological polar surface area (TPSA) is 26.3 Å². The minimum atomic E-state index is -0.141. The van der Waals surface area contributed by atoms with E-state index in [0.717, 1.165) is 19.3 Å². The molecule has 0 aromatic rings. The Morgan fingerprint density at radius 3 is 2.25 bits per heavy atom. The Balaban J connectivity index is 1.99. The number of carbonyl (C=O) groups is 1. The predicted octanol–water partition coefficient (Wildman–Crippen LogP) is 3.54. The second-order valence-electron chi connectivity index (χ2n) is 6.02. The lowest BCUT2D eigenvalue weighted by Gasteiger charge is -2.40. The third-order valence-corrected chi connectivity index (χ3v) is 4.47. The largest absolute Gasteiger partial charge is 0.459 e. The molecule has 92 valence electrons.